The summed E-state index contributed by atoms with van der Waals surface area (Å²) in [6.07, 6.45) is 5.15. The minimum atomic E-state index is -1.08. The molecule has 1 heterocycles. The van der Waals surface area contributed by atoms with Gasteiger partial charge >= 0.3 is 5.97 Å². The predicted octanol–water partition coefficient (Wildman–Crippen LogP) is 1.99. The Morgan fingerprint density at radius 1 is 1.50 bits per heavy atom. The van der Waals surface area contributed by atoms with Gasteiger partial charge in [-0.25, -0.2) is 9.78 Å². The van der Waals surface area contributed by atoms with Gasteiger partial charge in [0.25, 0.3) is 0 Å². The second-order valence-electron chi connectivity index (χ2n) is 4.13. The monoisotopic (exact) mass is 265 g/mol. The molecule has 0 radical (unpaired) electrons. The number of aromatic nitrogens is 1. The van der Waals surface area contributed by atoms with Crippen LogP contribution in [-0.4, -0.2) is 22.1 Å². The number of nitrogens with zero attached hydrogens (tertiary/aromatic N) is 2. The van der Waals surface area contributed by atoms with E-state index in [9.17, 15) is 4.79 Å². The first-order chi connectivity index (χ1) is 9.65. The van der Waals surface area contributed by atoms with E-state index in [-0.39, 0.29) is 17.8 Å². The number of carboxylic acids is 1. The van der Waals surface area contributed by atoms with Crippen LogP contribution < -0.4 is 5.32 Å². The number of para-hydroxylation sites is 1. The number of benzene rings is 1. The third-order valence-corrected chi connectivity index (χ3v) is 2.78. The summed E-state index contributed by atoms with van der Waals surface area (Å²) in [5.41, 5.74) is 0.964. The second kappa shape index (κ2) is 5.73. The Balaban J connectivity index is 2.45. The van der Waals surface area contributed by atoms with Crippen LogP contribution in [0, 0.1) is 23.7 Å². The van der Waals surface area contributed by atoms with Gasteiger partial charge in [-0.1, -0.05) is 18.2 Å². The minimum absolute atomic E-state index is 0.00864. The highest BCUT2D eigenvalue weighted by molar-refractivity contribution is 5.84. The van der Waals surface area contributed by atoms with Crippen LogP contribution in [0.4, 0.5) is 5.82 Å². The quantitative estimate of drug-likeness (QED) is 0.826. The van der Waals surface area contributed by atoms with E-state index in [4.69, 9.17) is 16.8 Å². The van der Waals surface area contributed by atoms with Crippen molar-refractivity contribution >= 4 is 22.7 Å². The molecule has 0 fully saturated rings. The first-order valence-corrected chi connectivity index (χ1v) is 5.88. The smallest absolute Gasteiger partial charge is 0.327 e. The van der Waals surface area contributed by atoms with Crippen LogP contribution >= 0.6 is 0 Å². The fourth-order valence-corrected chi connectivity index (χ4v) is 1.79. The first kappa shape index (κ1) is 13.4. The number of aliphatic carboxylic acids is 1. The molecular formula is C15H11N3O2. The molecule has 0 amide bonds. The number of pyridine rings is 1. The van der Waals surface area contributed by atoms with Gasteiger partial charge in [0.1, 0.15) is 17.9 Å². The summed E-state index contributed by atoms with van der Waals surface area (Å²) in [7, 11) is 0. The maximum atomic E-state index is 11.1. The normalized spacial score (nSPS) is 11.3. The molecule has 0 saturated heterocycles. The topological polar surface area (TPSA) is 86.0 Å². The van der Waals surface area contributed by atoms with E-state index >= 15 is 0 Å². The van der Waals surface area contributed by atoms with Crippen molar-refractivity contribution in [3.8, 4) is 18.4 Å². The molecule has 1 aromatic carbocycles. The molecule has 5 nitrogen and oxygen atoms in total. The number of hydrogen-bond donors (Lipinski definition) is 2. The zero-order valence-electron chi connectivity index (χ0n) is 10.5. The predicted molar refractivity (Wildman–Crippen MR) is 75.0 cm³/mol. The molecule has 0 spiro atoms. The summed E-state index contributed by atoms with van der Waals surface area (Å²) in [5, 5.41) is 21.7. The molecular weight excluding hydrogens is 254 g/mol. The number of hydrogen-bond acceptors (Lipinski definition) is 4. The second-order valence-corrected chi connectivity index (χ2v) is 4.13. The lowest BCUT2D eigenvalue weighted by Gasteiger charge is -2.14. The number of fused-ring (bicyclic) bond motifs is 1. The standard InChI is InChI=1S/C15H11N3O2/c1-2-5-13(15(19)20)18-14-11(9-16)8-10-6-3-4-7-12(10)17-14/h1,3-4,6-8,13H,5H2,(H,17,18)(H,19,20). The highest BCUT2D eigenvalue weighted by atomic mass is 16.4. The van der Waals surface area contributed by atoms with E-state index < -0.39 is 12.0 Å². The van der Waals surface area contributed by atoms with E-state index in [1.54, 1.807) is 12.1 Å². The van der Waals surface area contributed by atoms with Gasteiger partial charge in [-0.15, -0.1) is 12.3 Å². The Bertz CT molecular complexity index is 741. The van der Waals surface area contributed by atoms with Crippen LogP contribution in [-0.2, 0) is 4.79 Å². The van der Waals surface area contributed by atoms with Crippen LogP contribution in [0.2, 0.25) is 0 Å². The van der Waals surface area contributed by atoms with Gasteiger partial charge in [-0.2, -0.15) is 5.26 Å². The Morgan fingerprint density at radius 3 is 2.90 bits per heavy atom. The molecule has 2 aromatic rings. The van der Waals surface area contributed by atoms with Gasteiger partial charge in [-0.05, 0) is 12.1 Å². The molecule has 20 heavy (non-hydrogen) atoms. The molecule has 1 atom stereocenters. The Morgan fingerprint density at radius 2 is 2.25 bits per heavy atom. The largest absolute Gasteiger partial charge is 0.480 e. The molecule has 2 N–H and O–H groups in total. The number of rotatable bonds is 4. The molecule has 1 unspecified atom stereocenters. The van der Waals surface area contributed by atoms with E-state index in [1.165, 1.54) is 0 Å². The number of anilines is 1. The maximum absolute atomic E-state index is 11.1. The molecule has 0 saturated carbocycles. The Kier molecular flexibility index (Phi) is 3.83. The fourth-order valence-electron chi connectivity index (χ4n) is 1.79. The van der Waals surface area contributed by atoms with Crippen LogP contribution in [0.25, 0.3) is 10.9 Å². The van der Waals surface area contributed by atoms with Gasteiger partial charge in [0.15, 0.2) is 0 Å². The molecule has 1 aromatic heterocycles. The molecule has 0 aliphatic carbocycles. The van der Waals surface area contributed by atoms with E-state index in [0.29, 0.717) is 5.52 Å². The SMILES string of the molecule is C#CCC(Nc1nc2ccccc2cc1C#N)C(=O)O. The van der Waals surface area contributed by atoms with Crippen LogP contribution in [0.5, 0.6) is 0 Å². The van der Waals surface area contributed by atoms with Crippen molar-refractivity contribution < 1.29 is 9.90 Å². The number of nitrogens with one attached hydrogen (secondary N) is 1. The van der Waals surface area contributed by atoms with Crippen molar-refractivity contribution in [3.63, 3.8) is 0 Å². The van der Waals surface area contributed by atoms with Crippen molar-refractivity contribution in [2.24, 2.45) is 0 Å². The summed E-state index contributed by atoms with van der Waals surface area (Å²) in [4.78, 5) is 15.4. The lowest BCUT2D eigenvalue weighted by atomic mass is 10.1. The Hall–Kier alpha value is -3.05. The minimum Gasteiger partial charge on any atom is -0.480 e. The van der Waals surface area contributed by atoms with Gasteiger partial charge < -0.3 is 10.4 Å². The number of nitriles is 1. The number of terminal acetylenes is 1. The lowest BCUT2D eigenvalue weighted by Crippen LogP contribution is -2.29. The highest BCUT2D eigenvalue weighted by Gasteiger charge is 2.18. The average molecular weight is 265 g/mol. The lowest BCUT2D eigenvalue weighted by molar-refractivity contribution is -0.137. The van der Waals surface area contributed by atoms with Crippen molar-refractivity contribution in [3.05, 3.63) is 35.9 Å². The van der Waals surface area contributed by atoms with E-state index in [1.807, 2.05) is 24.3 Å². The molecule has 98 valence electrons. The van der Waals surface area contributed by atoms with Gasteiger partial charge in [0, 0.05) is 11.8 Å². The number of carbonyl (C=O) groups is 1. The molecule has 0 bridgehead atoms. The summed E-state index contributed by atoms with van der Waals surface area (Å²) in [6, 6.07) is 9.99. The zero-order chi connectivity index (χ0) is 14.5. The van der Waals surface area contributed by atoms with Crippen LogP contribution in [0.15, 0.2) is 30.3 Å². The summed E-state index contributed by atoms with van der Waals surface area (Å²) in [6.45, 7) is 0. The highest BCUT2D eigenvalue weighted by Crippen LogP contribution is 2.20. The summed E-state index contributed by atoms with van der Waals surface area (Å²) in [5.74, 6) is 1.44. The Labute approximate surface area is 115 Å². The molecule has 0 aliphatic heterocycles. The van der Waals surface area contributed by atoms with E-state index in [2.05, 4.69) is 16.2 Å². The number of carboxylic acid groups (broad SMARTS) is 1. The fraction of sp³-hybridized carbons (Fsp3) is 0.133. The first-order valence-electron chi connectivity index (χ1n) is 5.88. The summed E-state index contributed by atoms with van der Waals surface area (Å²) < 4.78 is 0. The third kappa shape index (κ3) is 2.68. The van der Waals surface area contributed by atoms with Crippen molar-refractivity contribution in [1.82, 2.24) is 4.98 Å². The summed E-state index contributed by atoms with van der Waals surface area (Å²) >= 11 is 0. The molecule has 0 aliphatic rings. The molecule has 5 heteroatoms. The van der Waals surface area contributed by atoms with Gasteiger partial charge in [0.05, 0.1) is 11.1 Å². The van der Waals surface area contributed by atoms with Crippen LogP contribution in [0.3, 0.4) is 0 Å². The maximum Gasteiger partial charge on any atom is 0.327 e. The van der Waals surface area contributed by atoms with Crippen molar-refractivity contribution in [2.45, 2.75) is 12.5 Å². The zero-order valence-corrected chi connectivity index (χ0v) is 10.5. The third-order valence-electron chi connectivity index (χ3n) is 2.78. The van der Waals surface area contributed by atoms with Gasteiger partial charge in [-0.3, -0.25) is 0 Å². The molecule has 2 rings (SSSR count). The van der Waals surface area contributed by atoms with Crippen LogP contribution in [0.1, 0.15) is 12.0 Å². The van der Waals surface area contributed by atoms with Crippen molar-refractivity contribution in [2.75, 3.05) is 5.32 Å². The van der Waals surface area contributed by atoms with E-state index in [0.717, 1.165) is 5.39 Å². The average Bonchev–Trinajstić information content (AvgIpc) is 2.45. The van der Waals surface area contributed by atoms with Crippen molar-refractivity contribution in [1.29, 1.82) is 5.26 Å². The van der Waals surface area contributed by atoms with Gasteiger partial charge in [0.2, 0.25) is 0 Å².